The third-order valence-electron chi connectivity index (χ3n) is 6.31. The van der Waals surface area contributed by atoms with Crippen molar-refractivity contribution in [3.05, 3.63) is 53.3 Å². The molecule has 33 heavy (non-hydrogen) atoms. The Morgan fingerprint density at radius 1 is 1.21 bits per heavy atom. The summed E-state index contributed by atoms with van der Waals surface area (Å²) >= 11 is 0. The Bertz CT molecular complexity index is 994. The van der Waals surface area contributed by atoms with E-state index in [9.17, 15) is 9.59 Å². The van der Waals surface area contributed by atoms with Crippen LogP contribution in [0.5, 0.6) is 11.5 Å². The number of nitrogens with zero attached hydrogens (tertiary/aromatic N) is 3. The predicted octanol–water partition coefficient (Wildman–Crippen LogP) is 1.46. The number of pyridine rings is 1. The van der Waals surface area contributed by atoms with Crippen molar-refractivity contribution in [3.63, 3.8) is 0 Å². The van der Waals surface area contributed by atoms with Gasteiger partial charge in [0.05, 0.1) is 39.4 Å². The van der Waals surface area contributed by atoms with Crippen LogP contribution < -0.4 is 14.8 Å². The SMILES string of the molecule is COc1cc2c(cc1OC)C(C(=O)NCCN1CCOCC1)C(c1cccnc1)N(C)C2=O. The average Bonchev–Trinajstić information content (AvgIpc) is 2.86. The number of carbonyl (C=O) groups excluding carboxylic acids is 2. The molecule has 2 aliphatic rings. The maximum atomic E-state index is 13.6. The first kappa shape index (κ1) is 23.0. The molecule has 9 heteroatoms. The summed E-state index contributed by atoms with van der Waals surface area (Å²) in [7, 11) is 4.78. The molecule has 2 unspecified atom stereocenters. The zero-order valence-electron chi connectivity index (χ0n) is 19.2. The molecule has 2 atom stereocenters. The Morgan fingerprint density at radius 2 is 1.94 bits per heavy atom. The van der Waals surface area contributed by atoms with Crippen molar-refractivity contribution in [1.29, 1.82) is 0 Å². The van der Waals surface area contributed by atoms with Gasteiger partial charge in [0.25, 0.3) is 5.91 Å². The molecule has 0 spiro atoms. The maximum Gasteiger partial charge on any atom is 0.254 e. The first-order valence-electron chi connectivity index (χ1n) is 11.1. The Kier molecular flexibility index (Phi) is 7.10. The number of nitrogens with one attached hydrogen (secondary N) is 1. The van der Waals surface area contributed by atoms with Crippen LogP contribution in [-0.2, 0) is 9.53 Å². The van der Waals surface area contributed by atoms with E-state index in [-0.39, 0.29) is 11.8 Å². The maximum absolute atomic E-state index is 13.6. The Balaban J connectivity index is 1.68. The monoisotopic (exact) mass is 454 g/mol. The van der Waals surface area contributed by atoms with E-state index in [1.54, 1.807) is 36.5 Å². The fourth-order valence-electron chi connectivity index (χ4n) is 4.57. The summed E-state index contributed by atoms with van der Waals surface area (Å²) in [5.41, 5.74) is 1.85. The fraction of sp³-hybridized carbons (Fsp3) is 0.458. The summed E-state index contributed by atoms with van der Waals surface area (Å²) in [6.07, 6.45) is 3.38. The first-order valence-corrected chi connectivity index (χ1v) is 11.1. The molecule has 176 valence electrons. The topological polar surface area (TPSA) is 93.2 Å². The summed E-state index contributed by atoms with van der Waals surface area (Å²) in [4.78, 5) is 35.0. The van der Waals surface area contributed by atoms with Gasteiger partial charge in [-0.3, -0.25) is 19.5 Å². The third kappa shape index (κ3) is 4.65. The molecule has 4 rings (SSSR count). The summed E-state index contributed by atoms with van der Waals surface area (Å²) in [6.45, 7) is 4.38. The van der Waals surface area contributed by atoms with Crippen LogP contribution in [0.25, 0.3) is 0 Å². The number of likely N-dealkylation sites (N-methyl/N-ethyl adjacent to an activating group) is 1. The molecule has 1 N–H and O–H groups in total. The summed E-state index contributed by atoms with van der Waals surface area (Å²) < 4.78 is 16.3. The molecule has 0 aliphatic carbocycles. The highest BCUT2D eigenvalue weighted by molar-refractivity contribution is 6.02. The van der Waals surface area contributed by atoms with E-state index < -0.39 is 12.0 Å². The largest absolute Gasteiger partial charge is 0.493 e. The number of fused-ring (bicyclic) bond motifs is 1. The van der Waals surface area contributed by atoms with E-state index in [0.29, 0.717) is 42.4 Å². The molecule has 2 aromatic rings. The standard InChI is InChI=1S/C24H30N4O5/c1-27-22(16-5-4-6-25-15-16)21(23(29)26-7-8-28-9-11-33-12-10-28)17-13-19(31-2)20(32-3)14-18(17)24(27)30/h4-6,13-15,21-22H,7-12H2,1-3H3,(H,26,29). The molecule has 2 amide bonds. The predicted molar refractivity (Wildman–Crippen MR) is 122 cm³/mol. The van der Waals surface area contributed by atoms with Crippen molar-refractivity contribution in [2.24, 2.45) is 0 Å². The zero-order valence-corrected chi connectivity index (χ0v) is 19.2. The highest BCUT2D eigenvalue weighted by Crippen LogP contribution is 2.45. The van der Waals surface area contributed by atoms with Crippen molar-refractivity contribution in [3.8, 4) is 11.5 Å². The van der Waals surface area contributed by atoms with Crippen molar-refractivity contribution in [1.82, 2.24) is 20.1 Å². The van der Waals surface area contributed by atoms with E-state index in [1.165, 1.54) is 14.2 Å². The molecule has 2 aliphatic heterocycles. The number of amides is 2. The molecule has 3 heterocycles. The molecule has 1 fully saturated rings. The van der Waals surface area contributed by atoms with Gasteiger partial charge in [-0.1, -0.05) is 6.07 Å². The van der Waals surface area contributed by atoms with E-state index in [0.717, 1.165) is 25.2 Å². The number of ether oxygens (including phenoxy) is 3. The summed E-state index contributed by atoms with van der Waals surface area (Å²) in [5.74, 6) is -0.0348. The summed E-state index contributed by atoms with van der Waals surface area (Å²) in [5, 5.41) is 3.09. The highest BCUT2D eigenvalue weighted by atomic mass is 16.5. The lowest BCUT2D eigenvalue weighted by Gasteiger charge is -2.40. The minimum Gasteiger partial charge on any atom is -0.493 e. The lowest BCUT2D eigenvalue weighted by Crippen LogP contribution is -2.47. The van der Waals surface area contributed by atoms with Gasteiger partial charge in [0.1, 0.15) is 0 Å². The number of hydrogen-bond donors (Lipinski definition) is 1. The van der Waals surface area contributed by atoms with E-state index in [4.69, 9.17) is 14.2 Å². The van der Waals surface area contributed by atoms with Gasteiger partial charge < -0.3 is 24.4 Å². The second kappa shape index (κ2) is 10.2. The van der Waals surface area contributed by atoms with Gasteiger partial charge >= 0.3 is 0 Å². The van der Waals surface area contributed by atoms with Crippen molar-refractivity contribution >= 4 is 11.8 Å². The van der Waals surface area contributed by atoms with Gasteiger partial charge in [-0.05, 0) is 29.3 Å². The number of aromatic nitrogens is 1. The van der Waals surface area contributed by atoms with Crippen molar-refractivity contribution in [2.75, 3.05) is 60.7 Å². The number of benzene rings is 1. The molecule has 1 saturated heterocycles. The van der Waals surface area contributed by atoms with Crippen molar-refractivity contribution in [2.45, 2.75) is 12.0 Å². The van der Waals surface area contributed by atoms with Gasteiger partial charge in [-0.15, -0.1) is 0 Å². The van der Waals surface area contributed by atoms with Gasteiger partial charge in [-0.25, -0.2) is 0 Å². The number of carbonyl (C=O) groups is 2. The number of methoxy groups -OCH3 is 2. The van der Waals surface area contributed by atoms with E-state index in [1.807, 2.05) is 12.1 Å². The van der Waals surface area contributed by atoms with Crippen LogP contribution in [0, 0.1) is 0 Å². The first-order chi connectivity index (χ1) is 16.0. The van der Waals surface area contributed by atoms with Crippen LogP contribution in [0.15, 0.2) is 36.7 Å². The lowest BCUT2D eigenvalue weighted by atomic mass is 9.79. The Morgan fingerprint density at radius 3 is 2.61 bits per heavy atom. The van der Waals surface area contributed by atoms with Crippen LogP contribution in [0.3, 0.4) is 0 Å². The van der Waals surface area contributed by atoms with Crippen LogP contribution in [-0.4, -0.2) is 87.3 Å². The molecule has 1 aromatic carbocycles. The highest BCUT2D eigenvalue weighted by Gasteiger charge is 2.43. The molecule has 0 saturated carbocycles. The van der Waals surface area contributed by atoms with Crippen molar-refractivity contribution < 1.29 is 23.8 Å². The normalized spacial score (nSPS) is 20.8. The van der Waals surface area contributed by atoms with Crippen LogP contribution in [0.1, 0.15) is 33.4 Å². The second-order valence-corrected chi connectivity index (χ2v) is 8.16. The molecule has 0 radical (unpaired) electrons. The van der Waals surface area contributed by atoms with E-state index >= 15 is 0 Å². The van der Waals surface area contributed by atoms with Gasteiger partial charge in [0.15, 0.2) is 11.5 Å². The van der Waals surface area contributed by atoms with Crippen LogP contribution in [0.4, 0.5) is 0 Å². The summed E-state index contributed by atoms with van der Waals surface area (Å²) in [6, 6.07) is 6.60. The molecular weight excluding hydrogens is 424 g/mol. The zero-order chi connectivity index (χ0) is 23.4. The third-order valence-corrected chi connectivity index (χ3v) is 6.31. The smallest absolute Gasteiger partial charge is 0.254 e. The number of rotatable bonds is 7. The number of morpholine rings is 1. The van der Waals surface area contributed by atoms with E-state index in [2.05, 4.69) is 15.2 Å². The fourth-order valence-corrected chi connectivity index (χ4v) is 4.57. The second-order valence-electron chi connectivity index (χ2n) is 8.16. The minimum atomic E-state index is -0.628. The number of hydrogen-bond acceptors (Lipinski definition) is 7. The Labute approximate surface area is 193 Å². The molecular formula is C24H30N4O5. The van der Waals surface area contributed by atoms with Gasteiger partial charge in [-0.2, -0.15) is 0 Å². The van der Waals surface area contributed by atoms with Gasteiger partial charge in [0.2, 0.25) is 5.91 Å². The lowest BCUT2D eigenvalue weighted by molar-refractivity contribution is -0.124. The van der Waals surface area contributed by atoms with Gasteiger partial charge in [0, 0.05) is 51.2 Å². The van der Waals surface area contributed by atoms with Crippen LogP contribution in [0.2, 0.25) is 0 Å². The average molecular weight is 455 g/mol. The molecule has 0 bridgehead atoms. The Hall–Kier alpha value is -3.17. The molecule has 1 aromatic heterocycles. The molecule has 9 nitrogen and oxygen atoms in total. The minimum absolute atomic E-state index is 0.148. The van der Waals surface area contributed by atoms with Crippen LogP contribution >= 0.6 is 0 Å². The quantitative estimate of drug-likeness (QED) is 0.677.